The quantitative estimate of drug-likeness (QED) is 0.466. The van der Waals surface area contributed by atoms with Gasteiger partial charge in [0.1, 0.15) is 22.7 Å². The summed E-state index contributed by atoms with van der Waals surface area (Å²) >= 11 is 0. The molecule has 1 N–H and O–H groups in total. The number of rotatable bonds is 10. The number of fused-ring (bicyclic) bond motifs is 3. The van der Waals surface area contributed by atoms with Crippen LogP contribution in [0.4, 0.5) is 4.79 Å². The second kappa shape index (κ2) is 10.6. The summed E-state index contributed by atoms with van der Waals surface area (Å²) in [5.74, 6) is 1.78. The maximum absolute atomic E-state index is 11.7. The van der Waals surface area contributed by atoms with E-state index in [0.717, 1.165) is 52.9 Å². The molecule has 3 aromatic rings. The number of imidazole rings is 1. The normalized spacial score (nSPS) is 11.8. The molecule has 0 atom stereocenters. The Hall–Kier alpha value is -2.87. The average Bonchev–Trinajstić information content (AvgIpc) is 3.08. The standard InChI is InChI=1S/C24H34N4O4/c1-6-12-28-21(10-14-30-5)27-20-16-26-19-15-17(8-9-18(19)22(20)28)31-13-7-11-25-23(29)32-24(2,3)4/h8-9,15-16H,6-7,10-14H2,1-5H3,(H,25,29). The lowest BCUT2D eigenvalue weighted by Crippen LogP contribution is -2.33. The topological polar surface area (TPSA) is 87.5 Å². The maximum Gasteiger partial charge on any atom is 0.407 e. The molecule has 8 nitrogen and oxygen atoms in total. The summed E-state index contributed by atoms with van der Waals surface area (Å²) in [4.78, 5) is 21.1. The van der Waals surface area contributed by atoms with Crippen molar-refractivity contribution in [3.05, 3.63) is 30.2 Å². The van der Waals surface area contributed by atoms with E-state index in [1.54, 1.807) is 7.11 Å². The summed E-state index contributed by atoms with van der Waals surface area (Å²) in [6.07, 6.45) is 3.88. The van der Waals surface area contributed by atoms with E-state index in [1.807, 2.05) is 45.2 Å². The first kappa shape index (κ1) is 23.8. The minimum absolute atomic E-state index is 0.412. The SMILES string of the molecule is CCCn1c(CCOC)nc2cnc3cc(OCCCNC(=O)OC(C)(C)C)ccc3c21. The third kappa shape index (κ3) is 6.09. The van der Waals surface area contributed by atoms with Crippen LogP contribution in [0, 0.1) is 0 Å². The lowest BCUT2D eigenvalue weighted by Gasteiger charge is -2.19. The highest BCUT2D eigenvalue weighted by atomic mass is 16.6. The van der Waals surface area contributed by atoms with E-state index < -0.39 is 11.7 Å². The molecule has 2 aromatic heterocycles. The molecule has 0 saturated heterocycles. The van der Waals surface area contributed by atoms with E-state index in [-0.39, 0.29) is 0 Å². The van der Waals surface area contributed by atoms with Crippen LogP contribution in [0.1, 0.15) is 46.4 Å². The molecule has 3 rings (SSSR count). The van der Waals surface area contributed by atoms with Gasteiger partial charge in [-0.2, -0.15) is 0 Å². The molecule has 2 heterocycles. The van der Waals surface area contributed by atoms with E-state index in [9.17, 15) is 4.79 Å². The molecule has 8 heteroatoms. The number of aryl methyl sites for hydroxylation is 1. The van der Waals surface area contributed by atoms with Crippen LogP contribution in [0.25, 0.3) is 21.9 Å². The molecule has 0 saturated carbocycles. The van der Waals surface area contributed by atoms with Crippen LogP contribution in [0.2, 0.25) is 0 Å². The first-order chi connectivity index (χ1) is 15.3. The van der Waals surface area contributed by atoms with E-state index >= 15 is 0 Å². The zero-order valence-electron chi connectivity index (χ0n) is 19.7. The van der Waals surface area contributed by atoms with Gasteiger partial charge >= 0.3 is 6.09 Å². The third-order valence-corrected chi connectivity index (χ3v) is 4.86. The van der Waals surface area contributed by atoms with Crippen molar-refractivity contribution in [2.45, 2.75) is 59.1 Å². The molecule has 0 aliphatic rings. The Labute approximate surface area is 189 Å². The number of methoxy groups -OCH3 is 1. The summed E-state index contributed by atoms with van der Waals surface area (Å²) in [6, 6.07) is 5.96. The maximum atomic E-state index is 11.7. The predicted octanol–water partition coefficient (Wildman–Crippen LogP) is 4.48. The zero-order chi connectivity index (χ0) is 23.1. The van der Waals surface area contributed by atoms with Crippen molar-refractivity contribution in [2.75, 3.05) is 26.9 Å². The van der Waals surface area contributed by atoms with Crippen molar-refractivity contribution in [1.82, 2.24) is 19.9 Å². The van der Waals surface area contributed by atoms with E-state index in [1.165, 1.54) is 0 Å². The van der Waals surface area contributed by atoms with Gasteiger partial charge < -0.3 is 24.1 Å². The number of benzene rings is 1. The van der Waals surface area contributed by atoms with Crippen LogP contribution < -0.4 is 10.1 Å². The summed E-state index contributed by atoms with van der Waals surface area (Å²) in [5.41, 5.74) is 2.38. The monoisotopic (exact) mass is 442 g/mol. The van der Waals surface area contributed by atoms with Crippen molar-refractivity contribution >= 4 is 28.0 Å². The molecule has 0 radical (unpaired) electrons. The van der Waals surface area contributed by atoms with Crippen LogP contribution in [0.15, 0.2) is 24.4 Å². The lowest BCUT2D eigenvalue weighted by atomic mass is 10.2. The van der Waals surface area contributed by atoms with Crippen LogP contribution in [-0.4, -0.2) is 53.1 Å². The van der Waals surface area contributed by atoms with Crippen LogP contribution in [0.3, 0.4) is 0 Å². The van der Waals surface area contributed by atoms with Crippen LogP contribution in [-0.2, 0) is 22.4 Å². The van der Waals surface area contributed by atoms with Crippen LogP contribution in [0.5, 0.6) is 5.75 Å². The first-order valence-electron chi connectivity index (χ1n) is 11.2. The Morgan fingerprint density at radius 1 is 1.19 bits per heavy atom. The van der Waals surface area contributed by atoms with Crippen molar-refractivity contribution in [1.29, 1.82) is 0 Å². The number of pyridine rings is 1. The molecule has 32 heavy (non-hydrogen) atoms. The fraction of sp³-hybridized carbons (Fsp3) is 0.542. The molecule has 1 amide bonds. The number of carbonyl (C=O) groups excluding carboxylic acids is 1. The van der Waals surface area contributed by atoms with Crippen molar-refractivity contribution < 1.29 is 19.0 Å². The van der Waals surface area contributed by atoms with Crippen LogP contribution >= 0.6 is 0 Å². The van der Waals surface area contributed by atoms with Gasteiger partial charge in [-0.1, -0.05) is 6.92 Å². The van der Waals surface area contributed by atoms with E-state index in [4.69, 9.17) is 19.2 Å². The molecule has 0 fully saturated rings. The van der Waals surface area contributed by atoms with Gasteiger partial charge in [0, 0.05) is 38.1 Å². The number of aromatic nitrogens is 3. The van der Waals surface area contributed by atoms with Gasteiger partial charge in [0.15, 0.2) is 0 Å². The predicted molar refractivity (Wildman–Crippen MR) is 125 cm³/mol. The molecular formula is C24H34N4O4. The molecule has 0 aliphatic heterocycles. The number of hydrogen-bond donors (Lipinski definition) is 1. The minimum atomic E-state index is -0.499. The second-order valence-electron chi connectivity index (χ2n) is 8.72. The molecule has 0 spiro atoms. The van der Waals surface area contributed by atoms with Gasteiger partial charge in [-0.15, -0.1) is 0 Å². The summed E-state index contributed by atoms with van der Waals surface area (Å²) in [7, 11) is 1.71. The number of nitrogens with one attached hydrogen (secondary N) is 1. The molecular weight excluding hydrogens is 408 g/mol. The average molecular weight is 443 g/mol. The van der Waals surface area contributed by atoms with E-state index in [2.05, 4.69) is 21.8 Å². The summed E-state index contributed by atoms with van der Waals surface area (Å²) in [5, 5.41) is 3.80. The number of hydrogen-bond acceptors (Lipinski definition) is 6. The molecule has 174 valence electrons. The first-order valence-corrected chi connectivity index (χ1v) is 11.2. The van der Waals surface area contributed by atoms with Gasteiger partial charge in [-0.25, -0.2) is 9.78 Å². The highest BCUT2D eigenvalue weighted by Crippen LogP contribution is 2.28. The fourth-order valence-electron chi connectivity index (χ4n) is 3.55. The van der Waals surface area contributed by atoms with Crippen molar-refractivity contribution in [3.8, 4) is 5.75 Å². The van der Waals surface area contributed by atoms with Gasteiger partial charge in [0.05, 0.1) is 30.4 Å². The highest BCUT2D eigenvalue weighted by molar-refractivity contribution is 6.02. The third-order valence-electron chi connectivity index (χ3n) is 4.86. The van der Waals surface area contributed by atoms with Gasteiger partial charge in [0.25, 0.3) is 0 Å². The van der Waals surface area contributed by atoms with Gasteiger partial charge in [-0.05, 0) is 45.7 Å². The molecule has 0 bridgehead atoms. The number of carbonyl (C=O) groups is 1. The zero-order valence-corrected chi connectivity index (χ0v) is 19.7. The number of alkyl carbamates (subject to hydrolysis) is 1. The lowest BCUT2D eigenvalue weighted by molar-refractivity contribution is 0.0525. The molecule has 0 aliphatic carbocycles. The Morgan fingerprint density at radius 3 is 2.72 bits per heavy atom. The van der Waals surface area contributed by atoms with Gasteiger partial charge in [0.2, 0.25) is 0 Å². The number of ether oxygens (including phenoxy) is 3. The summed E-state index contributed by atoms with van der Waals surface area (Å²) in [6.45, 7) is 10.2. The molecule has 1 aromatic carbocycles. The largest absolute Gasteiger partial charge is 0.493 e. The highest BCUT2D eigenvalue weighted by Gasteiger charge is 2.16. The Bertz CT molecular complexity index is 1060. The van der Waals surface area contributed by atoms with Gasteiger partial charge in [-0.3, -0.25) is 4.98 Å². The molecule has 0 unspecified atom stereocenters. The Morgan fingerprint density at radius 2 is 2.00 bits per heavy atom. The van der Waals surface area contributed by atoms with Crippen molar-refractivity contribution in [3.63, 3.8) is 0 Å². The number of nitrogens with zero attached hydrogens (tertiary/aromatic N) is 3. The van der Waals surface area contributed by atoms with E-state index in [0.29, 0.717) is 26.2 Å². The minimum Gasteiger partial charge on any atom is -0.493 e. The van der Waals surface area contributed by atoms with Crippen molar-refractivity contribution in [2.24, 2.45) is 0 Å². The Balaban J connectivity index is 1.67. The number of amides is 1. The summed E-state index contributed by atoms with van der Waals surface area (Å²) < 4.78 is 18.6. The second-order valence-corrected chi connectivity index (χ2v) is 8.72. The fourth-order valence-corrected chi connectivity index (χ4v) is 3.55. The smallest absolute Gasteiger partial charge is 0.407 e. The Kier molecular flexibility index (Phi) is 7.90.